The number of H-pyrrole nitrogens is 1. The number of unbranched alkanes of at least 4 members (excludes halogenated alkanes) is 1. The van der Waals surface area contributed by atoms with E-state index in [-0.39, 0.29) is 11.6 Å². The second-order valence-electron chi connectivity index (χ2n) is 4.70. The molecule has 1 atom stereocenters. The molecule has 7 heteroatoms. The van der Waals surface area contributed by atoms with Crippen LogP contribution in [0.4, 0.5) is 0 Å². The highest BCUT2D eigenvalue weighted by Crippen LogP contribution is 2.14. The molecule has 1 heterocycles. The smallest absolute Gasteiger partial charge is 0.257 e. The molecule has 0 aliphatic rings. The van der Waals surface area contributed by atoms with E-state index in [1.54, 1.807) is 0 Å². The molecule has 0 radical (unpaired) electrons. The minimum atomic E-state index is -3.54. The SMILES string of the molecule is CCCCC(CC)CNS(=O)(=O)c1[nH]ncc1CN. The summed E-state index contributed by atoms with van der Waals surface area (Å²) in [5, 5.41) is 6.32. The van der Waals surface area contributed by atoms with Crippen LogP contribution < -0.4 is 10.5 Å². The number of rotatable bonds is 9. The van der Waals surface area contributed by atoms with E-state index in [0.717, 1.165) is 25.7 Å². The maximum atomic E-state index is 12.1. The van der Waals surface area contributed by atoms with Gasteiger partial charge in [0.2, 0.25) is 0 Å². The first-order chi connectivity index (χ1) is 9.05. The van der Waals surface area contributed by atoms with Crippen molar-refractivity contribution in [3.63, 3.8) is 0 Å². The molecule has 0 aliphatic carbocycles. The van der Waals surface area contributed by atoms with Crippen LogP contribution in [0.2, 0.25) is 0 Å². The summed E-state index contributed by atoms with van der Waals surface area (Å²) in [6.07, 6.45) is 5.71. The number of nitrogens with two attached hydrogens (primary N) is 1. The van der Waals surface area contributed by atoms with Crippen molar-refractivity contribution in [3.8, 4) is 0 Å². The Kier molecular flexibility index (Phi) is 6.47. The molecular formula is C12H24N4O2S. The largest absolute Gasteiger partial charge is 0.326 e. The lowest BCUT2D eigenvalue weighted by molar-refractivity contribution is 0.443. The molecule has 19 heavy (non-hydrogen) atoms. The molecule has 1 aromatic heterocycles. The normalized spacial score (nSPS) is 13.6. The highest BCUT2D eigenvalue weighted by molar-refractivity contribution is 7.89. The molecule has 0 aliphatic heterocycles. The van der Waals surface area contributed by atoms with Gasteiger partial charge < -0.3 is 5.73 Å². The van der Waals surface area contributed by atoms with E-state index in [9.17, 15) is 8.42 Å². The van der Waals surface area contributed by atoms with E-state index in [2.05, 4.69) is 28.8 Å². The summed E-state index contributed by atoms with van der Waals surface area (Å²) in [5.41, 5.74) is 6.00. The molecule has 110 valence electrons. The van der Waals surface area contributed by atoms with Gasteiger partial charge in [0.1, 0.15) is 0 Å². The number of aromatic nitrogens is 2. The third-order valence-electron chi connectivity index (χ3n) is 3.27. The van der Waals surface area contributed by atoms with E-state index in [1.165, 1.54) is 6.20 Å². The van der Waals surface area contributed by atoms with Crippen molar-refractivity contribution >= 4 is 10.0 Å². The van der Waals surface area contributed by atoms with E-state index >= 15 is 0 Å². The van der Waals surface area contributed by atoms with Gasteiger partial charge in [-0.1, -0.05) is 33.1 Å². The molecule has 0 amide bonds. The van der Waals surface area contributed by atoms with Crippen LogP contribution in [-0.4, -0.2) is 25.2 Å². The molecule has 0 aromatic carbocycles. The van der Waals surface area contributed by atoms with Gasteiger partial charge in [0, 0.05) is 18.7 Å². The molecule has 1 aromatic rings. The molecule has 4 N–H and O–H groups in total. The lowest BCUT2D eigenvalue weighted by Gasteiger charge is -2.15. The Morgan fingerprint density at radius 2 is 2.21 bits per heavy atom. The molecule has 1 unspecified atom stereocenters. The Morgan fingerprint density at radius 1 is 1.47 bits per heavy atom. The van der Waals surface area contributed by atoms with Crippen LogP contribution in [0.3, 0.4) is 0 Å². The molecule has 1 rings (SSSR count). The lowest BCUT2D eigenvalue weighted by atomic mass is 10.00. The highest BCUT2D eigenvalue weighted by Gasteiger charge is 2.21. The standard InChI is InChI=1S/C12H24N4O2S/c1-3-5-6-10(4-2)8-15-19(17,18)12-11(7-13)9-14-16-12/h9-10,15H,3-8,13H2,1-2H3,(H,14,16). The zero-order valence-electron chi connectivity index (χ0n) is 11.6. The number of hydrogen-bond acceptors (Lipinski definition) is 4. The Labute approximate surface area is 115 Å². The Morgan fingerprint density at radius 3 is 2.79 bits per heavy atom. The average Bonchev–Trinajstić information content (AvgIpc) is 2.88. The van der Waals surface area contributed by atoms with Crippen LogP contribution >= 0.6 is 0 Å². The number of aromatic amines is 1. The van der Waals surface area contributed by atoms with Gasteiger partial charge in [-0.05, 0) is 12.3 Å². The third-order valence-corrected chi connectivity index (χ3v) is 4.71. The van der Waals surface area contributed by atoms with Crippen LogP contribution in [0.1, 0.15) is 45.1 Å². The van der Waals surface area contributed by atoms with E-state index in [1.807, 2.05) is 0 Å². The van der Waals surface area contributed by atoms with E-state index < -0.39 is 10.0 Å². The summed E-state index contributed by atoms with van der Waals surface area (Å²) in [5.74, 6) is 0.374. The first-order valence-electron chi connectivity index (χ1n) is 6.77. The van der Waals surface area contributed by atoms with Crippen LogP contribution in [-0.2, 0) is 16.6 Å². The van der Waals surface area contributed by atoms with Gasteiger partial charge in [0.05, 0.1) is 6.20 Å². The Bertz CT molecular complexity index is 470. The molecule has 0 fully saturated rings. The Balaban J connectivity index is 2.64. The fourth-order valence-electron chi connectivity index (χ4n) is 1.92. The zero-order valence-corrected chi connectivity index (χ0v) is 12.5. The van der Waals surface area contributed by atoms with Crippen molar-refractivity contribution in [2.75, 3.05) is 6.54 Å². The predicted molar refractivity (Wildman–Crippen MR) is 75.0 cm³/mol. The summed E-state index contributed by atoms with van der Waals surface area (Å²) in [6, 6.07) is 0. The fraction of sp³-hybridized carbons (Fsp3) is 0.750. The number of nitrogens with one attached hydrogen (secondary N) is 2. The van der Waals surface area contributed by atoms with E-state index in [4.69, 9.17) is 5.73 Å². The molecule has 0 spiro atoms. The summed E-state index contributed by atoms with van der Waals surface area (Å²) in [4.78, 5) is 0. The van der Waals surface area contributed by atoms with Gasteiger partial charge >= 0.3 is 0 Å². The quantitative estimate of drug-likeness (QED) is 0.638. The van der Waals surface area contributed by atoms with Crippen molar-refractivity contribution in [1.82, 2.24) is 14.9 Å². The third kappa shape index (κ3) is 4.59. The second kappa shape index (κ2) is 7.62. The molecule has 0 saturated heterocycles. The molecule has 0 bridgehead atoms. The minimum absolute atomic E-state index is 0.0837. The van der Waals surface area contributed by atoms with Gasteiger partial charge in [-0.15, -0.1) is 0 Å². The van der Waals surface area contributed by atoms with Crippen molar-refractivity contribution in [2.24, 2.45) is 11.7 Å². The summed E-state index contributed by atoms with van der Waals surface area (Å²) in [6.45, 7) is 4.83. The maximum absolute atomic E-state index is 12.1. The average molecular weight is 288 g/mol. The minimum Gasteiger partial charge on any atom is -0.326 e. The van der Waals surface area contributed by atoms with Crippen molar-refractivity contribution < 1.29 is 8.42 Å². The molecule has 6 nitrogen and oxygen atoms in total. The molecular weight excluding hydrogens is 264 g/mol. The zero-order chi connectivity index (χ0) is 14.3. The number of hydrogen-bond donors (Lipinski definition) is 3. The van der Waals surface area contributed by atoms with Gasteiger partial charge in [0.25, 0.3) is 10.0 Å². The predicted octanol–water partition coefficient (Wildman–Crippen LogP) is 1.36. The fourth-order valence-corrected chi connectivity index (χ4v) is 3.17. The van der Waals surface area contributed by atoms with Gasteiger partial charge in [0.15, 0.2) is 5.03 Å². The van der Waals surface area contributed by atoms with Crippen LogP contribution in [0, 0.1) is 5.92 Å². The lowest BCUT2D eigenvalue weighted by Crippen LogP contribution is -2.30. The number of nitrogens with zero attached hydrogens (tertiary/aromatic N) is 1. The van der Waals surface area contributed by atoms with Crippen molar-refractivity contribution in [3.05, 3.63) is 11.8 Å². The summed E-state index contributed by atoms with van der Waals surface area (Å²) in [7, 11) is -3.54. The number of sulfonamides is 1. The first kappa shape index (κ1) is 16.1. The van der Waals surface area contributed by atoms with Crippen molar-refractivity contribution in [2.45, 2.75) is 51.1 Å². The van der Waals surface area contributed by atoms with Crippen molar-refractivity contribution in [1.29, 1.82) is 0 Å². The van der Waals surface area contributed by atoms with Gasteiger partial charge in [-0.3, -0.25) is 5.10 Å². The second-order valence-corrected chi connectivity index (χ2v) is 6.40. The van der Waals surface area contributed by atoms with E-state index in [0.29, 0.717) is 18.0 Å². The van der Waals surface area contributed by atoms with Crippen LogP contribution in [0.5, 0.6) is 0 Å². The summed E-state index contributed by atoms with van der Waals surface area (Å²) < 4.78 is 26.9. The summed E-state index contributed by atoms with van der Waals surface area (Å²) >= 11 is 0. The van der Waals surface area contributed by atoms with Gasteiger partial charge in [-0.25, -0.2) is 13.1 Å². The van der Waals surface area contributed by atoms with Crippen LogP contribution in [0.25, 0.3) is 0 Å². The highest BCUT2D eigenvalue weighted by atomic mass is 32.2. The monoisotopic (exact) mass is 288 g/mol. The Hall–Kier alpha value is -0.920. The first-order valence-corrected chi connectivity index (χ1v) is 8.25. The van der Waals surface area contributed by atoms with Gasteiger partial charge in [-0.2, -0.15) is 5.10 Å². The molecule has 0 saturated carbocycles. The maximum Gasteiger partial charge on any atom is 0.257 e. The van der Waals surface area contributed by atoms with Crippen LogP contribution in [0.15, 0.2) is 11.2 Å². The topological polar surface area (TPSA) is 101 Å².